The van der Waals surface area contributed by atoms with Crippen molar-refractivity contribution in [3.63, 3.8) is 0 Å². The van der Waals surface area contributed by atoms with E-state index in [2.05, 4.69) is 39.8 Å². The number of carbonyl (C=O) groups is 1. The maximum atomic E-state index is 12.2. The minimum atomic E-state index is -3.58. The fourth-order valence-corrected chi connectivity index (χ4v) is 4.36. The topological polar surface area (TPSA) is 75.3 Å². The van der Waals surface area contributed by atoms with Crippen LogP contribution in [0.25, 0.3) is 0 Å². The van der Waals surface area contributed by atoms with Crippen LogP contribution in [0.5, 0.6) is 0 Å². The van der Waals surface area contributed by atoms with Gasteiger partial charge in [-0.05, 0) is 42.5 Å². The van der Waals surface area contributed by atoms with Crippen molar-refractivity contribution in [2.24, 2.45) is 11.8 Å². The monoisotopic (exact) mass is 416 g/mol. The lowest BCUT2D eigenvalue weighted by Crippen LogP contribution is -2.44. The highest BCUT2D eigenvalue weighted by atomic mass is 79.9. The van der Waals surface area contributed by atoms with Crippen LogP contribution in [0.4, 0.5) is 0 Å². The summed E-state index contributed by atoms with van der Waals surface area (Å²) >= 11 is 3.27. The molecule has 1 aliphatic rings. The van der Waals surface area contributed by atoms with Gasteiger partial charge in [-0.15, -0.1) is 0 Å². The van der Waals surface area contributed by atoms with Crippen molar-refractivity contribution in [3.8, 4) is 0 Å². The summed E-state index contributed by atoms with van der Waals surface area (Å²) in [5.41, 5.74) is 0. The molecule has 0 bridgehead atoms. The molecule has 24 heavy (non-hydrogen) atoms. The Labute approximate surface area is 152 Å². The Morgan fingerprint density at radius 1 is 1.21 bits per heavy atom. The van der Waals surface area contributed by atoms with E-state index < -0.39 is 10.0 Å². The first kappa shape index (κ1) is 19.4. The molecule has 1 saturated carbocycles. The zero-order valence-electron chi connectivity index (χ0n) is 14.1. The molecular weight excluding hydrogens is 392 g/mol. The summed E-state index contributed by atoms with van der Waals surface area (Å²) in [5.74, 6) is 0.974. The number of amides is 1. The summed E-state index contributed by atoms with van der Waals surface area (Å²) in [4.78, 5) is 12.3. The smallest absolute Gasteiger partial charge is 0.240 e. The molecule has 0 heterocycles. The summed E-state index contributed by atoms with van der Waals surface area (Å²) < 4.78 is 27.6. The van der Waals surface area contributed by atoms with Crippen LogP contribution < -0.4 is 10.0 Å². The van der Waals surface area contributed by atoms with E-state index >= 15 is 0 Å². The summed E-state index contributed by atoms with van der Waals surface area (Å²) in [6.07, 6.45) is 3.49. The molecule has 0 radical (unpaired) electrons. The number of nitrogens with one attached hydrogen (secondary N) is 2. The molecule has 0 unspecified atom stereocenters. The number of sulfonamides is 1. The van der Waals surface area contributed by atoms with Crippen LogP contribution in [0, 0.1) is 11.8 Å². The zero-order valence-corrected chi connectivity index (χ0v) is 16.5. The Balaban J connectivity index is 1.80. The van der Waals surface area contributed by atoms with Gasteiger partial charge in [0.1, 0.15) is 0 Å². The molecule has 1 fully saturated rings. The average Bonchev–Trinajstić information content (AvgIpc) is 2.52. The van der Waals surface area contributed by atoms with Crippen molar-refractivity contribution in [2.45, 2.75) is 50.5 Å². The van der Waals surface area contributed by atoms with Gasteiger partial charge in [0.05, 0.1) is 4.90 Å². The van der Waals surface area contributed by atoms with E-state index in [1.165, 1.54) is 18.6 Å². The Hall–Kier alpha value is -0.920. The van der Waals surface area contributed by atoms with Gasteiger partial charge in [0, 0.05) is 23.5 Å². The number of hydrogen-bond acceptors (Lipinski definition) is 3. The van der Waals surface area contributed by atoms with Gasteiger partial charge in [-0.3, -0.25) is 4.79 Å². The number of halogens is 1. The Bertz CT molecular complexity index is 661. The fraction of sp³-hybridized carbons (Fsp3) is 0.588. The van der Waals surface area contributed by atoms with Gasteiger partial charge in [-0.2, -0.15) is 0 Å². The molecule has 1 aromatic rings. The molecule has 7 heteroatoms. The number of hydrogen-bond donors (Lipinski definition) is 2. The molecule has 1 amide bonds. The Kier molecular flexibility index (Phi) is 6.83. The minimum absolute atomic E-state index is 0.0977. The summed E-state index contributed by atoms with van der Waals surface area (Å²) in [6, 6.07) is 6.60. The van der Waals surface area contributed by atoms with Gasteiger partial charge in [0.2, 0.25) is 15.9 Å². The molecule has 2 rings (SSSR count). The second-order valence-electron chi connectivity index (χ2n) is 6.54. The van der Waals surface area contributed by atoms with E-state index in [1.54, 1.807) is 12.1 Å². The van der Waals surface area contributed by atoms with Crippen molar-refractivity contribution >= 4 is 31.9 Å². The predicted molar refractivity (Wildman–Crippen MR) is 98.1 cm³/mol. The van der Waals surface area contributed by atoms with Crippen LogP contribution in [-0.2, 0) is 14.8 Å². The molecule has 3 atom stereocenters. The first-order valence-corrected chi connectivity index (χ1v) is 10.6. The largest absolute Gasteiger partial charge is 0.353 e. The van der Waals surface area contributed by atoms with Gasteiger partial charge in [0.15, 0.2) is 0 Å². The van der Waals surface area contributed by atoms with Crippen LogP contribution in [-0.4, -0.2) is 26.9 Å². The van der Waals surface area contributed by atoms with Gasteiger partial charge < -0.3 is 5.32 Å². The SMILES string of the molecule is C[C@H]1[C@H](C)CCC[C@@H]1NC(=O)CCNS(=O)(=O)c1ccc(Br)cc1. The van der Waals surface area contributed by atoms with E-state index in [9.17, 15) is 13.2 Å². The standard InChI is InChI=1S/C17H25BrN2O3S/c1-12-4-3-5-16(13(12)2)20-17(21)10-11-19-24(22,23)15-8-6-14(18)7-9-15/h6-9,12-13,16,19H,3-5,10-11H2,1-2H3,(H,20,21)/t12-,13+,16+/m1/s1. The van der Waals surface area contributed by atoms with Gasteiger partial charge >= 0.3 is 0 Å². The van der Waals surface area contributed by atoms with Crippen molar-refractivity contribution < 1.29 is 13.2 Å². The maximum Gasteiger partial charge on any atom is 0.240 e. The van der Waals surface area contributed by atoms with Crippen LogP contribution >= 0.6 is 15.9 Å². The lowest BCUT2D eigenvalue weighted by molar-refractivity contribution is -0.122. The first-order valence-electron chi connectivity index (χ1n) is 8.34. The molecular formula is C17H25BrN2O3S. The Morgan fingerprint density at radius 2 is 1.88 bits per heavy atom. The van der Waals surface area contributed by atoms with E-state index in [0.717, 1.165) is 17.3 Å². The minimum Gasteiger partial charge on any atom is -0.353 e. The molecule has 0 spiro atoms. The highest BCUT2D eigenvalue weighted by molar-refractivity contribution is 9.10. The second-order valence-corrected chi connectivity index (χ2v) is 9.23. The number of carbonyl (C=O) groups excluding carboxylic acids is 1. The van der Waals surface area contributed by atoms with E-state index in [0.29, 0.717) is 11.8 Å². The van der Waals surface area contributed by atoms with E-state index in [1.807, 2.05) is 0 Å². The Morgan fingerprint density at radius 3 is 2.54 bits per heavy atom. The molecule has 5 nitrogen and oxygen atoms in total. The summed E-state index contributed by atoms with van der Waals surface area (Å²) in [5, 5.41) is 3.05. The molecule has 1 aromatic carbocycles. The quantitative estimate of drug-likeness (QED) is 0.747. The molecule has 0 saturated heterocycles. The molecule has 134 valence electrons. The van der Waals surface area contributed by atoms with Crippen LogP contribution in [0.3, 0.4) is 0 Å². The third-order valence-electron chi connectivity index (χ3n) is 4.82. The molecule has 0 aliphatic heterocycles. The fourth-order valence-electron chi connectivity index (χ4n) is 3.06. The van der Waals surface area contributed by atoms with Gasteiger partial charge in [-0.1, -0.05) is 42.6 Å². The summed E-state index contributed by atoms with van der Waals surface area (Å²) in [6.45, 7) is 4.49. The number of rotatable bonds is 6. The summed E-state index contributed by atoms with van der Waals surface area (Å²) in [7, 11) is -3.58. The maximum absolute atomic E-state index is 12.2. The van der Waals surface area contributed by atoms with Crippen molar-refractivity contribution in [3.05, 3.63) is 28.7 Å². The normalized spacial score (nSPS) is 24.5. The third-order valence-corrected chi connectivity index (χ3v) is 6.83. The van der Waals surface area contributed by atoms with Crippen molar-refractivity contribution in [1.82, 2.24) is 10.0 Å². The van der Waals surface area contributed by atoms with Crippen LogP contribution in [0.2, 0.25) is 0 Å². The molecule has 2 N–H and O–H groups in total. The van der Waals surface area contributed by atoms with Gasteiger partial charge in [-0.25, -0.2) is 13.1 Å². The average molecular weight is 417 g/mol. The molecule has 1 aliphatic carbocycles. The predicted octanol–water partition coefficient (Wildman–Crippen LogP) is 3.06. The van der Waals surface area contributed by atoms with Gasteiger partial charge in [0.25, 0.3) is 0 Å². The van der Waals surface area contributed by atoms with E-state index in [-0.39, 0.29) is 29.8 Å². The molecule has 0 aromatic heterocycles. The lowest BCUT2D eigenvalue weighted by Gasteiger charge is -2.34. The van der Waals surface area contributed by atoms with Crippen molar-refractivity contribution in [1.29, 1.82) is 0 Å². The van der Waals surface area contributed by atoms with Crippen molar-refractivity contribution in [2.75, 3.05) is 6.54 Å². The zero-order chi connectivity index (χ0) is 17.7. The van der Waals surface area contributed by atoms with Crippen LogP contribution in [0.15, 0.2) is 33.6 Å². The number of benzene rings is 1. The third kappa shape index (κ3) is 5.29. The first-order chi connectivity index (χ1) is 11.3. The lowest BCUT2D eigenvalue weighted by atomic mass is 9.78. The second kappa shape index (κ2) is 8.45. The van der Waals surface area contributed by atoms with Crippen LogP contribution in [0.1, 0.15) is 39.5 Å². The highest BCUT2D eigenvalue weighted by Gasteiger charge is 2.28. The van der Waals surface area contributed by atoms with E-state index in [4.69, 9.17) is 0 Å². The highest BCUT2D eigenvalue weighted by Crippen LogP contribution is 2.29.